The number of aliphatic carboxylic acids is 1. The summed E-state index contributed by atoms with van der Waals surface area (Å²) in [4.78, 5) is 24.7. The molecule has 5 saturated carbocycles. The maximum absolute atomic E-state index is 12.8. The molecule has 0 saturated heterocycles. The second kappa shape index (κ2) is 8.09. The van der Waals surface area contributed by atoms with Crippen molar-refractivity contribution in [1.29, 1.82) is 0 Å². The lowest BCUT2D eigenvalue weighted by Crippen LogP contribution is -2.67. The van der Waals surface area contributed by atoms with E-state index < -0.39 is 11.4 Å². The zero-order chi connectivity index (χ0) is 26.5. The molecule has 10 atom stereocenters. The Morgan fingerprint density at radius 3 is 2.11 bits per heavy atom. The number of esters is 1. The normalized spacial score (nSPS) is 51.2. The first-order valence-corrected chi connectivity index (χ1v) is 14.7. The number of ether oxygens (including phenoxy) is 1. The summed E-state index contributed by atoms with van der Waals surface area (Å²) in [5, 5.41) is 10.5. The molecule has 0 bridgehead atoms. The molecule has 1 N–H and O–H groups in total. The van der Waals surface area contributed by atoms with E-state index in [0.717, 1.165) is 44.9 Å². The van der Waals surface area contributed by atoms with Gasteiger partial charge in [-0.25, -0.2) is 0 Å². The van der Waals surface area contributed by atoms with Gasteiger partial charge in [-0.1, -0.05) is 46.8 Å². The van der Waals surface area contributed by atoms with Crippen LogP contribution >= 0.6 is 0 Å². The average Bonchev–Trinajstić information content (AvgIpc) is 3.17. The van der Waals surface area contributed by atoms with Gasteiger partial charge in [-0.3, -0.25) is 9.59 Å². The van der Waals surface area contributed by atoms with Crippen molar-refractivity contribution in [2.24, 2.45) is 56.7 Å². The molecule has 36 heavy (non-hydrogen) atoms. The molecule has 202 valence electrons. The minimum absolute atomic E-state index is 0.00466. The summed E-state index contributed by atoms with van der Waals surface area (Å²) in [5.74, 6) is 1.49. The molecule has 4 nitrogen and oxygen atoms in total. The van der Waals surface area contributed by atoms with E-state index >= 15 is 0 Å². The monoisotopic (exact) mass is 498 g/mol. The van der Waals surface area contributed by atoms with Gasteiger partial charge < -0.3 is 9.84 Å². The van der Waals surface area contributed by atoms with Gasteiger partial charge in [-0.15, -0.1) is 0 Å². The molecule has 0 amide bonds. The van der Waals surface area contributed by atoms with Crippen LogP contribution in [-0.4, -0.2) is 23.1 Å². The molecular formula is C32H50O4. The van der Waals surface area contributed by atoms with Crippen molar-refractivity contribution in [1.82, 2.24) is 0 Å². The van der Waals surface area contributed by atoms with E-state index in [0.29, 0.717) is 23.7 Å². The van der Waals surface area contributed by atoms with Gasteiger partial charge in [0.25, 0.3) is 0 Å². The molecule has 0 aromatic carbocycles. The van der Waals surface area contributed by atoms with Gasteiger partial charge in [0.1, 0.15) is 6.10 Å². The molecule has 4 heteroatoms. The first-order valence-electron chi connectivity index (χ1n) is 14.7. The van der Waals surface area contributed by atoms with Crippen LogP contribution in [0.2, 0.25) is 0 Å². The fourth-order valence-electron chi connectivity index (χ4n) is 11.9. The number of fused-ring (bicyclic) bond motifs is 7. The first kappa shape index (κ1) is 26.3. The number of allylic oxidation sites excluding steroid dienone is 1. The van der Waals surface area contributed by atoms with Crippen LogP contribution < -0.4 is 0 Å². The van der Waals surface area contributed by atoms with Crippen molar-refractivity contribution in [3.05, 3.63) is 12.2 Å². The molecule has 5 aliphatic carbocycles. The number of carboxylic acid groups (broad SMARTS) is 1. The molecule has 0 spiro atoms. The molecule has 5 aliphatic rings. The highest BCUT2D eigenvalue weighted by molar-refractivity contribution is 5.76. The Labute approximate surface area is 219 Å². The van der Waals surface area contributed by atoms with Crippen molar-refractivity contribution >= 4 is 11.9 Å². The predicted molar refractivity (Wildman–Crippen MR) is 142 cm³/mol. The number of carboxylic acids is 1. The van der Waals surface area contributed by atoms with Gasteiger partial charge in [0, 0.05) is 12.3 Å². The minimum atomic E-state index is -0.553. The fourth-order valence-corrected chi connectivity index (χ4v) is 11.9. The molecular weight excluding hydrogens is 448 g/mol. The number of hydrogen-bond donors (Lipinski definition) is 1. The highest BCUT2D eigenvalue weighted by atomic mass is 16.5. The molecule has 0 aliphatic heterocycles. The lowest BCUT2D eigenvalue weighted by atomic mass is 9.32. The van der Waals surface area contributed by atoms with E-state index in [1.54, 1.807) is 6.92 Å². The fraction of sp³-hybridized carbons (Fsp3) is 0.875. The molecule has 0 radical (unpaired) electrons. The van der Waals surface area contributed by atoms with Gasteiger partial charge in [0.05, 0.1) is 5.41 Å². The Kier molecular flexibility index (Phi) is 5.91. The Hall–Kier alpha value is -1.32. The predicted octanol–water partition coefficient (Wildman–Crippen LogP) is 7.66. The van der Waals surface area contributed by atoms with Gasteiger partial charge in [0.2, 0.25) is 0 Å². The zero-order valence-corrected chi connectivity index (χ0v) is 23.9. The van der Waals surface area contributed by atoms with Gasteiger partial charge in [0.15, 0.2) is 0 Å². The Balaban J connectivity index is 1.52. The van der Waals surface area contributed by atoms with E-state index in [1.165, 1.54) is 24.8 Å². The van der Waals surface area contributed by atoms with Crippen molar-refractivity contribution in [2.45, 2.75) is 119 Å². The van der Waals surface area contributed by atoms with Crippen LogP contribution in [0.15, 0.2) is 12.2 Å². The summed E-state index contributed by atoms with van der Waals surface area (Å²) < 4.78 is 5.88. The third-order valence-electron chi connectivity index (χ3n) is 13.7. The molecule has 5 rings (SSSR count). The summed E-state index contributed by atoms with van der Waals surface area (Å²) in [5.41, 5.74) is 1.20. The van der Waals surface area contributed by atoms with E-state index in [9.17, 15) is 14.7 Å². The largest absolute Gasteiger partial charge is 0.481 e. The Bertz CT molecular complexity index is 967. The maximum Gasteiger partial charge on any atom is 0.309 e. The highest BCUT2D eigenvalue weighted by Crippen LogP contribution is 2.77. The third-order valence-corrected chi connectivity index (χ3v) is 13.7. The Morgan fingerprint density at radius 2 is 1.50 bits per heavy atom. The Morgan fingerprint density at radius 1 is 0.806 bits per heavy atom. The molecule has 1 unspecified atom stereocenters. The second-order valence-electron chi connectivity index (χ2n) is 15.1. The molecule has 0 heterocycles. The number of carbonyl (C=O) groups excluding carboxylic acids is 1. The minimum Gasteiger partial charge on any atom is -0.481 e. The van der Waals surface area contributed by atoms with Crippen molar-refractivity contribution in [3.8, 4) is 0 Å². The van der Waals surface area contributed by atoms with Gasteiger partial charge in [-0.05, 0) is 117 Å². The summed E-state index contributed by atoms with van der Waals surface area (Å²) in [7, 11) is 0. The van der Waals surface area contributed by atoms with Crippen LogP contribution in [0.1, 0.15) is 113 Å². The smallest absolute Gasteiger partial charge is 0.309 e. The SMILES string of the molecule is C=C(C)[C@@H]1CC[C@]2(C(=O)O)CC[C@]3(C)C(CC[C@@H]4[C@@]5(C)CC[C@H](OC(C)=O)C(C)(C)[C@@H]5CC[C@]43C)[C@H]12. The van der Waals surface area contributed by atoms with Gasteiger partial charge in [-0.2, -0.15) is 0 Å². The lowest BCUT2D eigenvalue weighted by Gasteiger charge is -2.72. The van der Waals surface area contributed by atoms with Crippen molar-refractivity contribution in [2.75, 3.05) is 0 Å². The summed E-state index contributed by atoms with van der Waals surface area (Å²) in [6.07, 6.45) is 10.5. The lowest BCUT2D eigenvalue weighted by molar-refractivity contribution is -0.250. The van der Waals surface area contributed by atoms with E-state index in [2.05, 4.69) is 48.1 Å². The summed E-state index contributed by atoms with van der Waals surface area (Å²) >= 11 is 0. The van der Waals surface area contributed by atoms with E-state index in [1.807, 2.05) is 0 Å². The van der Waals surface area contributed by atoms with Crippen LogP contribution in [0, 0.1) is 56.7 Å². The highest BCUT2D eigenvalue weighted by Gasteiger charge is 2.72. The van der Waals surface area contributed by atoms with Crippen LogP contribution in [0.25, 0.3) is 0 Å². The molecule has 0 aromatic heterocycles. The van der Waals surface area contributed by atoms with Gasteiger partial charge >= 0.3 is 11.9 Å². The van der Waals surface area contributed by atoms with E-state index in [-0.39, 0.29) is 39.7 Å². The topological polar surface area (TPSA) is 63.6 Å². The summed E-state index contributed by atoms with van der Waals surface area (Å²) in [6.45, 7) is 20.4. The van der Waals surface area contributed by atoms with E-state index in [4.69, 9.17) is 4.74 Å². The van der Waals surface area contributed by atoms with Crippen LogP contribution in [-0.2, 0) is 14.3 Å². The first-order chi connectivity index (χ1) is 16.6. The van der Waals surface area contributed by atoms with Crippen LogP contribution in [0.4, 0.5) is 0 Å². The number of carbonyl (C=O) groups is 2. The maximum atomic E-state index is 12.8. The third kappa shape index (κ3) is 3.17. The van der Waals surface area contributed by atoms with Crippen LogP contribution in [0.3, 0.4) is 0 Å². The van der Waals surface area contributed by atoms with Crippen molar-refractivity contribution in [3.63, 3.8) is 0 Å². The average molecular weight is 499 g/mol. The van der Waals surface area contributed by atoms with Crippen LogP contribution in [0.5, 0.6) is 0 Å². The number of rotatable bonds is 3. The molecule has 5 fully saturated rings. The second-order valence-corrected chi connectivity index (χ2v) is 15.1. The number of hydrogen-bond acceptors (Lipinski definition) is 3. The molecule has 0 aromatic rings. The zero-order valence-electron chi connectivity index (χ0n) is 23.9. The standard InChI is InChI=1S/C32H50O4/c1-19(2)21-11-16-32(27(34)35)18-17-30(7)22(26(21)32)9-10-24-29(6)14-13-25(36-20(3)33)28(4,5)23(29)12-15-31(24,30)8/h21-26H,1,9-18H2,2-8H3,(H,34,35)/t21-,22?,23-,24+,25-,26-,29-,30+,31+,32-/m0/s1. The summed E-state index contributed by atoms with van der Waals surface area (Å²) in [6, 6.07) is 0. The van der Waals surface area contributed by atoms with Crippen molar-refractivity contribution < 1.29 is 19.4 Å². The quantitative estimate of drug-likeness (QED) is 0.320.